The lowest BCUT2D eigenvalue weighted by atomic mass is 9.78. The summed E-state index contributed by atoms with van der Waals surface area (Å²) in [5, 5.41) is 16.3. The fraction of sp³-hybridized carbons (Fsp3) is 0.300. The number of carbonyl (C=O) groups excluding carboxylic acids is 2. The molecule has 8 nitrogen and oxygen atoms in total. The number of aromatic nitrogens is 2. The third-order valence-corrected chi connectivity index (χ3v) is 6.67. The predicted octanol–water partition coefficient (Wildman–Crippen LogP) is 4.84. The van der Waals surface area contributed by atoms with E-state index in [1.165, 1.54) is 0 Å². The van der Waals surface area contributed by atoms with Gasteiger partial charge in [-0.15, -0.1) is 0 Å². The van der Waals surface area contributed by atoms with Crippen molar-refractivity contribution in [1.82, 2.24) is 15.1 Å². The van der Waals surface area contributed by atoms with E-state index in [4.69, 9.17) is 14.6 Å². The van der Waals surface area contributed by atoms with Gasteiger partial charge in [-0.25, -0.2) is 4.79 Å². The fourth-order valence-corrected chi connectivity index (χ4v) is 4.74. The van der Waals surface area contributed by atoms with Crippen LogP contribution in [0.4, 0.5) is 0 Å². The van der Waals surface area contributed by atoms with Crippen molar-refractivity contribution in [2.24, 2.45) is 7.05 Å². The Labute approximate surface area is 222 Å². The van der Waals surface area contributed by atoms with Gasteiger partial charge in [-0.2, -0.15) is 5.10 Å². The Morgan fingerprint density at radius 3 is 2.58 bits per heavy atom. The minimum atomic E-state index is -0.420. The molecule has 8 heteroatoms. The molecule has 2 aliphatic rings. The number of esters is 1. The van der Waals surface area contributed by atoms with Crippen LogP contribution < -0.4 is 10.1 Å². The van der Waals surface area contributed by atoms with Crippen molar-refractivity contribution in [2.75, 3.05) is 7.11 Å². The van der Waals surface area contributed by atoms with E-state index in [1.807, 2.05) is 57.3 Å². The van der Waals surface area contributed by atoms with Gasteiger partial charge in [0.1, 0.15) is 18.1 Å². The molecule has 0 spiro atoms. The monoisotopic (exact) mass is 515 g/mol. The maximum Gasteiger partial charge on any atom is 0.336 e. The minimum Gasteiger partial charge on any atom is -0.508 e. The molecule has 2 heterocycles. The molecule has 3 aromatic rings. The van der Waals surface area contributed by atoms with E-state index in [0.717, 1.165) is 28.3 Å². The third-order valence-electron chi connectivity index (χ3n) is 6.67. The minimum absolute atomic E-state index is 0.0466. The molecular weight excluding hydrogens is 482 g/mol. The molecule has 0 saturated carbocycles. The summed E-state index contributed by atoms with van der Waals surface area (Å²) in [6.45, 7) is 3.89. The van der Waals surface area contributed by atoms with Gasteiger partial charge in [-0.3, -0.25) is 9.48 Å². The predicted molar refractivity (Wildman–Crippen MR) is 143 cm³/mol. The summed E-state index contributed by atoms with van der Waals surface area (Å²) in [5.41, 5.74) is 5.59. The number of phenolic OH excluding ortho intramolecular Hbond substituents is 1. The van der Waals surface area contributed by atoms with Crippen LogP contribution in [0.3, 0.4) is 0 Å². The summed E-state index contributed by atoms with van der Waals surface area (Å²) in [4.78, 5) is 25.6. The average Bonchev–Trinajstić information content (AvgIpc) is 3.32. The lowest BCUT2D eigenvalue weighted by Gasteiger charge is -2.32. The zero-order valence-electron chi connectivity index (χ0n) is 22.2. The average molecular weight is 516 g/mol. The van der Waals surface area contributed by atoms with Gasteiger partial charge >= 0.3 is 5.97 Å². The third kappa shape index (κ3) is 6.32. The summed E-state index contributed by atoms with van der Waals surface area (Å²) in [6, 6.07) is 16.8. The van der Waals surface area contributed by atoms with Gasteiger partial charge < -0.3 is 19.9 Å². The second-order valence-electron chi connectivity index (χ2n) is 9.53. The SMILES string of the molecule is COc1ccccc1[C@H]1CC(=O)C2=C(C1)NC(C)=C(C(=O)OCc1ccn(C)n1)C2.Cc1cccc(O)c1. The van der Waals surface area contributed by atoms with E-state index >= 15 is 0 Å². The normalized spacial score (nSPS) is 16.7. The van der Waals surface area contributed by atoms with Crippen LogP contribution in [0.5, 0.6) is 11.5 Å². The Morgan fingerprint density at radius 1 is 1.13 bits per heavy atom. The molecule has 2 N–H and O–H groups in total. The van der Waals surface area contributed by atoms with Crippen LogP contribution in [0.2, 0.25) is 0 Å². The zero-order chi connectivity index (χ0) is 27.2. The number of hydrogen-bond donors (Lipinski definition) is 2. The molecule has 1 atom stereocenters. The zero-order valence-corrected chi connectivity index (χ0v) is 22.2. The van der Waals surface area contributed by atoms with Crippen molar-refractivity contribution in [2.45, 2.75) is 45.6 Å². The largest absolute Gasteiger partial charge is 0.508 e. The summed E-state index contributed by atoms with van der Waals surface area (Å²) in [6.07, 6.45) is 3.20. The topological polar surface area (TPSA) is 103 Å². The van der Waals surface area contributed by atoms with Crippen molar-refractivity contribution in [3.63, 3.8) is 0 Å². The van der Waals surface area contributed by atoms with Crippen LogP contribution in [0.1, 0.15) is 48.9 Å². The summed E-state index contributed by atoms with van der Waals surface area (Å²) in [5.74, 6) is 0.815. The molecule has 0 amide bonds. The Morgan fingerprint density at radius 2 is 1.92 bits per heavy atom. The summed E-state index contributed by atoms with van der Waals surface area (Å²) >= 11 is 0. The van der Waals surface area contributed by atoms with Gasteiger partial charge in [-0.05, 0) is 55.7 Å². The van der Waals surface area contributed by atoms with Gasteiger partial charge in [0.15, 0.2) is 5.78 Å². The molecule has 0 saturated heterocycles. The van der Waals surface area contributed by atoms with Crippen molar-refractivity contribution < 1.29 is 24.2 Å². The van der Waals surface area contributed by atoms with Crippen molar-refractivity contribution >= 4 is 11.8 Å². The quantitative estimate of drug-likeness (QED) is 0.469. The number of hydrogen-bond acceptors (Lipinski definition) is 7. The van der Waals surface area contributed by atoms with Crippen LogP contribution in [0.25, 0.3) is 0 Å². The second-order valence-corrected chi connectivity index (χ2v) is 9.53. The van der Waals surface area contributed by atoms with E-state index in [-0.39, 0.29) is 18.3 Å². The first-order valence-electron chi connectivity index (χ1n) is 12.5. The molecule has 1 aliphatic carbocycles. The first-order valence-corrected chi connectivity index (χ1v) is 12.5. The van der Waals surface area contributed by atoms with Gasteiger partial charge in [0, 0.05) is 49.0 Å². The van der Waals surface area contributed by atoms with Crippen LogP contribution >= 0.6 is 0 Å². The smallest absolute Gasteiger partial charge is 0.336 e. The Hall–Kier alpha value is -4.33. The number of phenols is 1. The lowest BCUT2D eigenvalue weighted by Crippen LogP contribution is -2.31. The molecule has 198 valence electrons. The standard InChI is InChI=1S/C23H25N3O4.C7H8O/c1-14-18(23(28)30-13-16-8-9-26(2)25-16)12-19-20(24-14)10-15(11-21(19)27)17-6-4-5-7-22(17)29-3;1-6-3-2-4-7(8)5-6/h4-9,15,24H,10-13H2,1-3H3;2-5,8H,1H3/t15-;/m1./s1. The van der Waals surface area contributed by atoms with Crippen LogP contribution in [0.15, 0.2) is 83.3 Å². The highest BCUT2D eigenvalue weighted by molar-refractivity contribution is 6.01. The van der Waals surface area contributed by atoms with Gasteiger partial charge in [0.25, 0.3) is 0 Å². The van der Waals surface area contributed by atoms with Gasteiger partial charge in [0.05, 0.1) is 18.4 Å². The number of nitrogens with one attached hydrogen (secondary N) is 1. The van der Waals surface area contributed by atoms with Crippen LogP contribution in [0, 0.1) is 6.92 Å². The maximum atomic E-state index is 12.9. The van der Waals surface area contributed by atoms with E-state index in [1.54, 1.807) is 36.2 Å². The maximum absolute atomic E-state index is 12.9. The number of carbonyl (C=O) groups is 2. The molecule has 38 heavy (non-hydrogen) atoms. The Bertz CT molecular complexity index is 1380. The molecule has 2 aromatic carbocycles. The number of benzene rings is 2. The fourth-order valence-electron chi connectivity index (χ4n) is 4.74. The molecule has 1 aliphatic heterocycles. The van der Waals surface area contributed by atoms with Crippen molar-refractivity contribution in [1.29, 1.82) is 0 Å². The number of allylic oxidation sites excluding steroid dienone is 3. The molecule has 0 radical (unpaired) electrons. The number of Topliss-reactive ketones (excluding diaryl/α,β-unsaturated/α-hetero) is 1. The Kier molecular flexibility index (Phi) is 8.31. The number of rotatable bonds is 5. The lowest BCUT2D eigenvalue weighted by molar-refractivity contribution is -0.140. The number of aryl methyl sites for hydroxylation is 2. The van der Waals surface area contributed by atoms with Gasteiger partial charge in [-0.1, -0.05) is 30.3 Å². The molecule has 0 unspecified atom stereocenters. The molecule has 5 rings (SSSR count). The number of dihydropyridines is 1. The van der Waals surface area contributed by atoms with E-state index in [0.29, 0.717) is 41.9 Å². The molecule has 1 aromatic heterocycles. The number of methoxy groups -OCH3 is 1. The van der Waals surface area contributed by atoms with E-state index in [2.05, 4.69) is 10.4 Å². The molecular formula is C30H33N3O5. The first-order chi connectivity index (χ1) is 18.2. The Balaban J connectivity index is 0.000000360. The molecule has 0 fully saturated rings. The molecule has 0 bridgehead atoms. The highest BCUT2D eigenvalue weighted by Crippen LogP contribution is 2.41. The van der Waals surface area contributed by atoms with E-state index in [9.17, 15) is 9.59 Å². The van der Waals surface area contributed by atoms with Crippen molar-refractivity contribution in [3.8, 4) is 11.5 Å². The number of nitrogens with zero attached hydrogens (tertiary/aromatic N) is 2. The van der Waals surface area contributed by atoms with Crippen molar-refractivity contribution in [3.05, 3.63) is 100 Å². The summed E-state index contributed by atoms with van der Waals surface area (Å²) in [7, 11) is 3.45. The first kappa shape index (κ1) is 26.7. The number of para-hydroxylation sites is 1. The highest BCUT2D eigenvalue weighted by Gasteiger charge is 2.34. The number of ether oxygens (including phenoxy) is 2. The summed E-state index contributed by atoms with van der Waals surface area (Å²) < 4.78 is 12.6. The second kappa shape index (κ2) is 11.8. The number of ketones is 1. The number of aromatic hydroxyl groups is 1. The van der Waals surface area contributed by atoms with Gasteiger partial charge in [0.2, 0.25) is 0 Å². The van der Waals surface area contributed by atoms with Crippen LogP contribution in [-0.4, -0.2) is 33.7 Å². The highest BCUT2D eigenvalue weighted by atomic mass is 16.5. The van der Waals surface area contributed by atoms with E-state index < -0.39 is 5.97 Å². The van der Waals surface area contributed by atoms with Crippen LogP contribution in [-0.2, 0) is 28.0 Å².